The molecule has 0 saturated carbocycles. The lowest BCUT2D eigenvalue weighted by molar-refractivity contribution is -0.131. The molecule has 0 aromatic rings. The second-order valence-electron chi connectivity index (χ2n) is 2.66. The SMILES string of the molecule is CN(CC(=O)NCC=O)C(=O)/C=C\C=O. The maximum atomic E-state index is 11.1. The molecule has 6 nitrogen and oxygen atoms in total. The summed E-state index contributed by atoms with van der Waals surface area (Å²) in [4.78, 5) is 43.1. The van der Waals surface area contributed by atoms with Crippen molar-refractivity contribution in [2.45, 2.75) is 0 Å². The number of nitrogens with one attached hydrogen (secondary N) is 1. The predicted molar refractivity (Wildman–Crippen MR) is 51.9 cm³/mol. The van der Waals surface area contributed by atoms with Gasteiger partial charge in [-0.25, -0.2) is 0 Å². The highest BCUT2D eigenvalue weighted by molar-refractivity contribution is 5.93. The third-order valence-corrected chi connectivity index (χ3v) is 1.46. The maximum absolute atomic E-state index is 11.1. The molecule has 0 aromatic heterocycles. The summed E-state index contributed by atoms with van der Waals surface area (Å²) in [5, 5.41) is 2.28. The summed E-state index contributed by atoms with van der Waals surface area (Å²) < 4.78 is 0. The van der Waals surface area contributed by atoms with E-state index in [4.69, 9.17) is 0 Å². The quantitative estimate of drug-likeness (QED) is 0.429. The van der Waals surface area contributed by atoms with Gasteiger partial charge in [-0.15, -0.1) is 0 Å². The van der Waals surface area contributed by atoms with Crippen molar-refractivity contribution >= 4 is 24.4 Å². The number of nitrogens with zero attached hydrogens (tertiary/aromatic N) is 1. The molecule has 0 fully saturated rings. The van der Waals surface area contributed by atoms with Gasteiger partial charge in [-0.05, 0) is 6.08 Å². The normalized spacial score (nSPS) is 9.67. The molecule has 0 heterocycles. The molecule has 2 amide bonds. The van der Waals surface area contributed by atoms with E-state index in [0.717, 1.165) is 17.1 Å². The number of likely N-dealkylation sites (N-methyl/N-ethyl adjacent to an activating group) is 1. The molecule has 0 spiro atoms. The number of amides is 2. The standard InChI is InChI=1S/C9H12N2O4/c1-11(9(15)3-2-5-12)7-8(14)10-4-6-13/h2-3,5-6H,4,7H2,1H3,(H,10,14)/b3-2-. The van der Waals surface area contributed by atoms with Crippen LogP contribution in [0.3, 0.4) is 0 Å². The summed E-state index contributed by atoms with van der Waals surface area (Å²) >= 11 is 0. The van der Waals surface area contributed by atoms with Gasteiger partial charge in [0.15, 0.2) is 0 Å². The van der Waals surface area contributed by atoms with E-state index in [0.29, 0.717) is 12.6 Å². The van der Waals surface area contributed by atoms with Gasteiger partial charge in [0.1, 0.15) is 12.6 Å². The third kappa shape index (κ3) is 6.14. The first kappa shape index (κ1) is 13.0. The molecule has 0 radical (unpaired) electrons. The third-order valence-electron chi connectivity index (χ3n) is 1.46. The molecule has 0 aliphatic heterocycles. The highest BCUT2D eigenvalue weighted by Crippen LogP contribution is 1.86. The lowest BCUT2D eigenvalue weighted by atomic mass is 10.4. The van der Waals surface area contributed by atoms with E-state index in [2.05, 4.69) is 5.32 Å². The van der Waals surface area contributed by atoms with E-state index in [1.165, 1.54) is 7.05 Å². The zero-order valence-corrected chi connectivity index (χ0v) is 8.30. The van der Waals surface area contributed by atoms with E-state index in [9.17, 15) is 19.2 Å². The van der Waals surface area contributed by atoms with Crippen LogP contribution in [-0.2, 0) is 19.2 Å². The van der Waals surface area contributed by atoms with Gasteiger partial charge in [0, 0.05) is 13.1 Å². The van der Waals surface area contributed by atoms with E-state index in [1.807, 2.05) is 0 Å². The van der Waals surface area contributed by atoms with Gasteiger partial charge in [-0.2, -0.15) is 0 Å². The fraction of sp³-hybridized carbons (Fsp3) is 0.333. The van der Waals surface area contributed by atoms with Gasteiger partial charge in [0.25, 0.3) is 0 Å². The average molecular weight is 212 g/mol. The Balaban J connectivity index is 4.00. The van der Waals surface area contributed by atoms with Crippen molar-refractivity contribution in [2.75, 3.05) is 20.1 Å². The Bertz CT molecular complexity index is 286. The summed E-state index contributed by atoms with van der Waals surface area (Å²) in [6.45, 7) is -0.235. The van der Waals surface area contributed by atoms with Crippen LogP contribution < -0.4 is 5.32 Å². The van der Waals surface area contributed by atoms with Crippen molar-refractivity contribution in [1.29, 1.82) is 0 Å². The number of rotatable bonds is 6. The van der Waals surface area contributed by atoms with Crippen molar-refractivity contribution in [2.24, 2.45) is 0 Å². The number of allylic oxidation sites excluding steroid dienone is 1. The molecule has 0 saturated heterocycles. The number of hydrogen-bond acceptors (Lipinski definition) is 4. The van der Waals surface area contributed by atoms with Crippen LogP contribution in [0, 0.1) is 0 Å². The second kappa shape index (κ2) is 7.43. The largest absolute Gasteiger partial charge is 0.348 e. The Morgan fingerprint density at radius 2 is 2.00 bits per heavy atom. The van der Waals surface area contributed by atoms with Crippen LogP contribution in [0.15, 0.2) is 12.2 Å². The minimum atomic E-state index is -0.455. The van der Waals surface area contributed by atoms with Crippen LogP contribution in [0.4, 0.5) is 0 Å². The van der Waals surface area contributed by atoms with Crippen LogP contribution >= 0.6 is 0 Å². The van der Waals surface area contributed by atoms with Crippen LogP contribution in [-0.4, -0.2) is 49.4 Å². The fourth-order valence-electron chi connectivity index (χ4n) is 0.754. The molecule has 15 heavy (non-hydrogen) atoms. The first-order valence-electron chi connectivity index (χ1n) is 4.19. The number of carbonyl (C=O) groups is 4. The predicted octanol–water partition coefficient (Wildman–Crippen LogP) is -1.48. The molecule has 0 aliphatic carbocycles. The van der Waals surface area contributed by atoms with Crippen molar-refractivity contribution in [3.05, 3.63) is 12.2 Å². The Labute approximate surface area is 86.9 Å². The molecule has 0 aliphatic rings. The van der Waals surface area contributed by atoms with Crippen molar-refractivity contribution in [3.63, 3.8) is 0 Å². The number of aldehydes is 2. The van der Waals surface area contributed by atoms with Gasteiger partial charge in [-0.3, -0.25) is 14.4 Å². The Kier molecular flexibility index (Phi) is 6.45. The summed E-state index contributed by atoms with van der Waals surface area (Å²) in [7, 11) is 1.41. The van der Waals surface area contributed by atoms with Crippen LogP contribution in [0.2, 0.25) is 0 Å². The summed E-state index contributed by atoms with van der Waals surface area (Å²) in [5.74, 6) is -0.888. The average Bonchev–Trinajstić information content (AvgIpc) is 2.22. The summed E-state index contributed by atoms with van der Waals surface area (Å²) in [5.41, 5.74) is 0. The van der Waals surface area contributed by atoms with Gasteiger partial charge >= 0.3 is 0 Å². The first-order valence-corrected chi connectivity index (χ1v) is 4.19. The molecule has 0 unspecified atom stereocenters. The summed E-state index contributed by atoms with van der Waals surface area (Å²) in [6.07, 6.45) is 3.12. The Morgan fingerprint density at radius 1 is 1.33 bits per heavy atom. The summed E-state index contributed by atoms with van der Waals surface area (Å²) in [6, 6.07) is 0. The Morgan fingerprint density at radius 3 is 2.53 bits per heavy atom. The van der Waals surface area contributed by atoms with Crippen LogP contribution in [0.1, 0.15) is 0 Å². The van der Waals surface area contributed by atoms with Gasteiger partial charge in [-0.1, -0.05) is 0 Å². The second-order valence-corrected chi connectivity index (χ2v) is 2.66. The zero-order chi connectivity index (χ0) is 11.7. The lowest BCUT2D eigenvalue weighted by Crippen LogP contribution is -2.38. The highest BCUT2D eigenvalue weighted by Gasteiger charge is 2.09. The van der Waals surface area contributed by atoms with E-state index >= 15 is 0 Å². The maximum Gasteiger partial charge on any atom is 0.246 e. The van der Waals surface area contributed by atoms with Crippen LogP contribution in [0.5, 0.6) is 0 Å². The molecule has 82 valence electrons. The topological polar surface area (TPSA) is 83.6 Å². The zero-order valence-electron chi connectivity index (χ0n) is 8.30. The molecule has 6 heteroatoms. The molecule has 0 atom stereocenters. The lowest BCUT2D eigenvalue weighted by Gasteiger charge is -2.13. The molecular weight excluding hydrogens is 200 g/mol. The van der Waals surface area contributed by atoms with Crippen molar-refractivity contribution in [3.8, 4) is 0 Å². The van der Waals surface area contributed by atoms with Crippen molar-refractivity contribution in [1.82, 2.24) is 10.2 Å². The van der Waals surface area contributed by atoms with Gasteiger partial charge < -0.3 is 15.0 Å². The Hall–Kier alpha value is -1.98. The van der Waals surface area contributed by atoms with E-state index < -0.39 is 11.8 Å². The van der Waals surface area contributed by atoms with E-state index in [-0.39, 0.29) is 13.1 Å². The van der Waals surface area contributed by atoms with Crippen LogP contribution in [0.25, 0.3) is 0 Å². The molecule has 0 aromatic carbocycles. The fourth-order valence-corrected chi connectivity index (χ4v) is 0.754. The van der Waals surface area contributed by atoms with Crippen molar-refractivity contribution < 1.29 is 19.2 Å². The number of carbonyl (C=O) groups excluding carboxylic acids is 4. The monoisotopic (exact) mass is 212 g/mol. The smallest absolute Gasteiger partial charge is 0.246 e. The minimum Gasteiger partial charge on any atom is -0.348 e. The minimum absolute atomic E-state index is 0.0783. The molecule has 0 rings (SSSR count). The first-order chi connectivity index (χ1) is 7.11. The highest BCUT2D eigenvalue weighted by atomic mass is 16.2. The van der Waals surface area contributed by atoms with E-state index in [1.54, 1.807) is 0 Å². The molecular formula is C9H12N2O4. The molecule has 0 bridgehead atoms. The van der Waals surface area contributed by atoms with Gasteiger partial charge in [0.05, 0.1) is 13.1 Å². The molecule has 1 N–H and O–H groups in total. The number of hydrogen-bond donors (Lipinski definition) is 1. The van der Waals surface area contributed by atoms with Gasteiger partial charge in [0.2, 0.25) is 11.8 Å².